The predicted octanol–water partition coefficient (Wildman–Crippen LogP) is 4.38. The lowest BCUT2D eigenvalue weighted by Crippen LogP contribution is -2.13. The van der Waals surface area contributed by atoms with Crippen LogP contribution in [-0.2, 0) is 6.61 Å². The third kappa shape index (κ3) is 3.37. The number of anilines is 1. The van der Waals surface area contributed by atoms with Crippen molar-refractivity contribution >= 4 is 39.2 Å². The number of hydrogen-bond acceptors (Lipinski definition) is 4. The number of nitrogens with zero attached hydrogens (tertiary/aromatic N) is 1. The Hall–Kier alpha value is -2.50. The van der Waals surface area contributed by atoms with E-state index in [2.05, 4.69) is 10.3 Å². The number of carbonyl (C=O) groups is 1. The molecule has 2 N–H and O–H groups in total. The summed E-state index contributed by atoms with van der Waals surface area (Å²) < 4.78 is 0.990. The fourth-order valence-electron chi connectivity index (χ4n) is 2.56. The maximum Gasteiger partial charge on any atom is 0.255 e. The van der Waals surface area contributed by atoms with Gasteiger partial charge in [0.1, 0.15) is 5.01 Å². The van der Waals surface area contributed by atoms with Gasteiger partial charge in [0.2, 0.25) is 0 Å². The quantitative estimate of drug-likeness (QED) is 0.742. The van der Waals surface area contributed by atoms with Crippen molar-refractivity contribution in [3.05, 3.63) is 64.2 Å². The SMILES string of the molecule is C/C=C/c1ccc(C(=O)Nc2ccc3sc(CO)nc3c2)c(C)c1. The number of hydrogen-bond donors (Lipinski definition) is 2. The minimum absolute atomic E-state index is 0.0706. The van der Waals surface area contributed by atoms with Crippen LogP contribution in [-0.4, -0.2) is 16.0 Å². The molecule has 3 rings (SSSR count). The van der Waals surface area contributed by atoms with Crippen molar-refractivity contribution in [3.8, 4) is 0 Å². The van der Waals surface area contributed by atoms with Crippen LogP contribution in [0.3, 0.4) is 0 Å². The second-order valence-corrected chi connectivity index (χ2v) is 6.59. The van der Waals surface area contributed by atoms with Gasteiger partial charge in [0.25, 0.3) is 5.91 Å². The fourth-order valence-corrected chi connectivity index (χ4v) is 3.36. The van der Waals surface area contributed by atoms with Crippen molar-refractivity contribution in [2.24, 2.45) is 0 Å². The predicted molar refractivity (Wildman–Crippen MR) is 99.4 cm³/mol. The molecule has 0 saturated carbocycles. The van der Waals surface area contributed by atoms with Gasteiger partial charge in [-0.15, -0.1) is 11.3 Å². The lowest BCUT2D eigenvalue weighted by molar-refractivity contribution is 0.102. The summed E-state index contributed by atoms with van der Waals surface area (Å²) in [6, 6.07) is 11.3. The average Bonchev–Trinajstić information content (AvgIpc) is 2.97. The number of nitrogens with one attached hydrogen (secondary N) is 1. The molecule has 0 bridgehead atoms. The molecule has 0 saturated heterocycles. The molecule has 4 nitrogen and oxygen atoms in total. The molecule has 0 aliphatic carbocycles. The van der Waals surface area contributed by atoms with Crippen LogP contribution in [0.25, 0.3) is 16.3 Å². The van der Waals surface area contributed by atoms with E-state index in [1.807, 2.05) is 62.4 Å². The van der Waals surface area contributed by atoms with E-state index in [0.29, 0.717) is 16.3 Å². The Labute approximate surface area is 144 Å². The topological polar surface area (TPSA) is 62.2 Å². The summed E-state index contributed by atoms with van der Waals surface area (Å²) in [7, 11) is 0. The molecule has 5 heteroatoms. The number of aliphatic hydroxyl groups is 1. The summed E-state index contributed by atoms with van der Waals surface area (Å²) in [4.78, 5) is 16.8. The molecule has 0 aliphatic rings. The van der Waals surface area contributed by atoms with E-state index in [1.54, 1.807) is 0 Å². The van der Waals surface area contributed by atoms with E-state index in [0.717, 1.165) is 21.3 Å². The number of fused-ring (bicyclic) bond motifs is 1. The van der Waals surface area contributed by atoms with Crippen LogP contribution >= 0.6 is 11.3 Å². The molecule has 0 spiro atoms. The van der Waals surface area contributed by atoms with Crippen LogP contribution in [0, 0.1) is 6.92 Å². The van der Waals surface area contributed by atoms with Crippen LogP contribution in [0.5, 0.6) is 0 Å². The number of aromatic nitrogens is 1. The summed E-state index contributed by atoms with van der Waals surface area (Å²) in [5, 5.41) is 12.8. The highest BCUT2D eigenvalue weighted by Crippen LogP contribution is 2.25. The van der Waals surface area contributed by atoms with Crippen LogP contribution < -0.4 is 5.32 Å². The molecule has 0 fully saturated rings. The number of aryl methyl sites for hydroxylation is 1. The van der Waals surface area contributed by atoms with Gasteiger partial charge < -0.3 is 10.4 Å². The van der Waals surface area contributed by atoms with Crippen molar-refractivity contribution < 1.29 is 9.90 Å². The third-order valence-electron chi connectivity index (χ3n) is 3.68. The maximum atomic E-state index is 12.5. The molecule has 1 heterocycles. The summed E-state index contributed by atoms with van der Waals surface area (Å²) in [6.07, 6.45) is 3.97. The van der Waals surface area contributed by atoms with Crippen molar-refractivity contribution in [1.29, 1.82) is 0 Å². The van der Waals surface area contributed by atoms with Crippen LogP contribution in [0.1, 0.15) is 33.4 Å². The third-order valence-corrected chi connectivity index (χ3v) is 4.70. The first-order valence-corrected chi connectivity index (χ1v) is 8.47. The van der Waals surface area contributed by atoms with E-state index in [-0.39, 0.29) is 12.5 Å². The molecule has 2 aromatic carbocycles. The second kappa shape index (κ2) is 6.95. The highest BCUT2D eigenvalue weighted by Gasteiger charge is 2.11. The molecule has 0 radical (unpaired) electrons. The van der Waals surface area contributed by atoms with Gasteiger partial charge in [0, 0.05) is 11.3 Å². The Morgan fingerprint density at radius 3 is 2.83 bits per heavy atom. The molecule has 122 valence electrons. The zero-order chi connectivity index (χ0) is 17.1. The van der Waals surface area contributed by atoms with Gasteiger partial charge >= 0.3 is 0 Å². The number of thiazole rings is 1. The van der Waals surface area contributed by atoms with Crippen molar-refractivity contribution in [3.63, 3.8) is 0 Å². The van der Waals surface area contributed by atoms with Gasteiger partial charge in [-0.2, -0.15) is 0 Å². The Morgan fingerprint density at radius 1 is 1.29 bits per heavy atom. The van der Waals surface area contributed by atoms with Crippen LogP contribution in [0.4, 0.5) is 5.69 Å². The Kier molecular flexibility index (Phi) is 4.74. The standard InChI is InChI=1S/C19H18N2O2S/c1-3-4-13-5-7-15(12(2)9-13)19(23)20-14-6-8-17-16(10-14)21-18(11-22)24-17/h3-10,22H,11H2,1-2H3,(H,20,23)/b4-3+. The number of aliphatic hydroxyl groups excluding tert-OH is 1. The molecule has 0 unspecified atom stereocenters. The normalized spacial score (nSPS) is 11.3. The molecule has 1 aromatic heterocycles. The Morgan fingerprint density at radius 2 is 2.12 bits per heavy atom. The molecular weight excluding hydrogens is 320 g/mol. The smallest absolute Gasteiger partial charge is 0.255 e. The lowest BCUT2D eigenvalue weighted by atomic mass is 10.0. The first-order chi connectivity index (χ1) is 11.6. The molecule has 0 aliphatic heterocycles. The Balaban J connectivity index is 1.84. The first-order valence-electron chi connectivity index (χ1n) is 7.65. The fraction of sp³-hybridized carbons (Fsp3) is 0.158. The van der Waals surface area contributed by atoms with Gasteiger partial charge in [-0.25, -0.2) is 4.98 Å². The van der Waals surface area contributed by atoms with E-state index < -0.39 is 0 Å². The Bertz CT molecular complexity index is 928. The van der Waals surface area contributed by atoms with E-state index >= 15 is 0 Å². The summed E-state index contributed by atoms with van der Waals surface area (Å²) in [5.74, 6) is -0.142. The highest BCUT2D eigenvalue weighted by atomic mass is 32.1. The zero-order valence-corrected chi connectivity index (χ0v) is 14.4. The van der Waals surface area contributed by atoms with Gasteiger partial charge in [0.05, 0.1) is 16.8 Å². The highest BCUT2D eigenvalue weighted by molar-refractivity contribution is 7.18. The van der Waals surface area contributed by atoms with Gasteiger partial charge in [-0.05, 0) is 49.2 Å². The summed E-state index contributed by atoms with van der Waals surface area (Å²) in [5.41, 5.74) is 4.13. The number of benzene rings is 2. The van der Waals surface area contributed by atoms with Crippen molar-refractivity contribution in [2.45, 2.75) is 20.5 Å². The lowest BCUT2D eigenvalue weighted by Gasteiger charge is -2.08. The van der Waals surface area contributed by atoms with Crippen LogP contribution in [0.15, 0.2) is 42.5 Å². The number of rotatable bonds is 4. The summed E-state index contributed by atoms with van der Waals surface area (Å²) in [6.45, 7) is 3.82. The van der Waals surface area contributed by atoms with Gasteiger partial charge in [0.15, 0.2) is 0 Å². The molecule has 24 heavy (non-hydrogen) atoms. The first kappa shape index (κ1) is 16.4. The van der Waals surface area contributed by atoms with Crippen molar-refractivity contribution in [2.75, 3.05) is 5.32 Å². The number of amides is 1. The minimum Gasteiger partial charge on any atom is -0.389 e. The maximum absolute atomic E-state index is 12.5. The van der Waals surface area contributed by atoms with Crippen molar-refractivity contribution in [1.82, 2.24) is 4.98 Å². The number of carbonyl (C=O) groups excluding carboxylic acids is 1. The minimum atomic E-state index is -0.142. The second-order valence-electron chi connectivity index (χ2n) is 5.48. The van der Waals surface area contributed by atoms with Gasteiger partial charge in [-0.1, -0.05) is 24.3 Å². The van der Waals surface area contributed by atoms with E-state index in [1.165, 1.54) is 11.3 Å². The number of allylic oxidation sites excluding steroid dienone is 1. The molecule has 1 amide bonds. The van der Waals surface area contributed by atoms with Crippen LogP contribution in [0.2, 0.25) is 0 Å². The zero-order valence-electron chi connectivity index (χ0n) is 13.5. The average molecular weight is 338 g/mol. The molecule has 3 aromatic rings. The molecular formula is C19H18N2O2S. The van der Waals surface area contributed by atoms with Gasteiger partial charge in [-0.3, -0.25) is 4.79 Å². The van der Waals surface area contributed by atoms with E-state index in [9.17, 15) is 4.79 Å². The largest absolute Gasteiger partial charge is 0.389 e. The molecule has 0 atom stereocenters. The monoisotopic (exact) mass is 338 g/mol. The summed E-state index contributed by atoms with van der Waals surface area (Å²) >= 11 is 1.45. The van der Waals surface area contributed by atoms with E-state index in [4.69, 9.17) is 5.11 Å².